The van der Waals surface area contributed by atoms with Crippen LogP contribution < -0.4 is 11.1 Å². The molecular weight excluding hydrogens is 380 g/mol. The number of benzene rings is 1. The number of carbonyl (C=O) groups excluding carboxylic acids is 2. The molecule has 9 heteroatoms. The molecule has 0 bridgehead atoms. The highest BCUT2D eigenvalue weighted by Gasteiger charge is 2.31. The first-order valence-electron chi connectivity index (χ1n) is 9.27. The van der Waals surface area contributed by atoms with Crippen molar-refractivity contribution in [3.05, 3.63) is 41.3 Å². The van der Waals surface area contributed by atoms with E-state index in [1.165, 1.54) is 9.71 Å². The van der Waals surface area contributed by atoms with Crippen molar-refractivity contribution < 1.29 is 18.0 Å². The highest BCUT2D eigenvalue weighted by Crippen LogP contribution is 2.14. The predicted molar refractivity (Wildman–Crippen MR) is 109 cm³/mol. The molecule has 3 amide bonds. The van der Waals surface area contributed by atoms with E-state index in [-0.39, 0.29) is 38.0 Å². The topological polar surface area (TPSA) is 113 Å². The molecule has 1 fully saturated rings. The van der Waals surface area contributed by atoms with Crippen LogP contribution in [0, 0.1) is 5.92 Å². The fraction of sp³-hybridized carbons (Fsp3) is 0.474. The van der Waals surface area contributed by atoms with Gasteiger partial charge in [-0.3, -0.25) is 4.79 Å². The number of piperazine rings is 1. The molecule has 0 spiro atoms. The van der Waals surface area contributed by atoms with Crippen molar-refractivity contribution in [2.75, 3.05) is 26.2 Å². The Morgan fingerprint density at radius 3 is 2.29 bits per heavy atom. The first-order valence-corrected chi connectivity index (χ1v) is 10.8. The zero-order valence-corrected chi connectivity index (χ0v) is 17.1. The normalized spacial score (nSPS) is 17.0. The van der Waals surface area contributed by atoms with Crippen LogP contribution in [-0.4, -0.2) is 61.8 Å². The molecule has 28 heavy (non-hydrogen) atoms. The molecular formula is C19H28N4O4S. The number of nitrogens with two attached hydrogens (primary N) is 1. The number of nitrogens with zero attached hydrogens (tertiary/aromatic N) is 2. The lowest BCUT2D eigenvalue weighted by molar-refractivity contribution is -0.134. The molecule has 3 N–H and O–H groups in total. The third-order valence-corrected chi connectivity index (χ3v) is 6.03. The van der Waals surface area contributed by atoms with Crippen LogP contribution in [0.5, 0.6) is 0 Å². The maximum atomic E-state index is 12.7. The van der Waals surface area contributed by atoms with Crippen LogP contribution in [0.2, 0.25) is 0 Å². The molecule has 2 rings (SSSR count). The Morgan fingerprint density at radius 1 is 1.14 bits per heavy atom. The number of urea groups is 1. The summed E-state index contributed by atoms with van der Waals surface area (Å²) in [4.78, 5) is 25.5. The van der Waals surface area contributed by atoms with Gasteiger partial charge in [-0.15, -0.1) is 0 Å². The smallest absolute Gasteiger partial charge is 0.312 e. The van der Waals surface area contributed by atoms with Gasteiger partial charge in [-0.25, -0.2) is 13.2 Å². The molecule has 0 unspecified atom stereocenters. The van der Waals surface area contributed by atoms with Gasteiger partial charge in [0.25, 0.3) is 0 Å². The van der Waals surface area contributed by atoms with Gasteiger partial charge in [0.15, 0.2) is 0 Å². The lowest BCUT2D eigenvalue weighted by atomic mass is 10.0. The molecule has 1 heterocycles. The van der Waals surface area contributed by atoms with E-state index in [9.17, 15) is 18.0 Å². The molecule has 0 aliphatic carbocycles. The summed E-state index contributed by atoms with van der Waals surface area (Å²) in [5.41, 5.74) is 5.98. The number of nitrogens with one attached hydrogen (secondary N) is 1. The molecule has 0 radical (unpaired) electrons. The van der Waals surface area contributed by atoms with Gasteiger partial charge in [0.1, 0.15) is 6.04 Å². The van der Waals surface area contributed by atoms with E-state index in [0.717, 1.165) is 5.56 Å². The minimum Gasteiger partial charge on any atom is -0.352 e. The standard InChI is InChI=1S/C19H28N4O4S/c1-15(2)14-17(21-19(20)25)18(24)22-9-11-23(12-10-22)28(26,27)13-8-16-6-4-3-5-7-16/h3-8,13,15,17H,9-12,14H2,1-2H3,(H3,20,21,25)/b13-8+/t17-/m0/s1. The summed E-state index contributed by atoms with van der Waals surface area (Å²) in [5.74, 6) is -0.0324. The van der Waals surface area contributed by atoms with Gasteiger partial charge in [-0.1, -0.05) is 44.2 Å². The summed E-state index contributed by atoms with van der Waals surface area (Å²) < 4.78 is 26.4. The molecule has 1 aromatic carbocycles. The van der Waals surface area contributed by atoms with Crippen molar-refractivity contribution in [2.45, 2.75) is 26.3 Å². The van der Waals surface area contributed by atoms with Crippen LogP contribution in [0.4, 0.5) is 4.79 Å². The molecule has 154 valence electrons. The van der Waals surface area contributed by atoms with E-state index in [1.807, 2.05) is 44.2 Å². The number of rotatable bonds is 7. The molecule has 0 saturated carbocycles. The van der Waals surface area contributed by atoms with Crippen LogP contribution in [0.1, 0.15) is 25.8 Å². The summed E-state index contributed by atoms with van der Waals surface area (Å²) in [6.45, 7) is 4.86. The maximum absolute atomic E-state index is 12.7. The summed E-state index contributed by atoms with van der Waals surface area (Å²) in [6, 6.07) is 7.74. The number of carbonyl (C=O) groups is 2. The highest BCUT2D eigenvalue weighted by molar-refractivity contribution is 7.92. The molecule has 1 aliphatic heterocycles. The van der Waals surface area contributed by atoms with Crippen molar-refractivity contribution in [2.24, 2.45) is 11.7 Å². The van der Waals surface area contributed by atoms with Crippen molar-refractivity contribution in [1.29, 1.82) is 0 Å². The first kappa shape index (κ1) is 21.9. The largest absolute Gasteiger partial charge is 0.352 e. The van der Waals surface area contributed by atoms with Crippen LogP contribution in [0.25, 0.3) is 6.08 Å². The average Bonchev–Trinajstić information content (AvgIpc) is 2.65. The second-order valence-corrected chi connectivity index (χ2v) is 8.99. The third kappa shape index (κ3) is 6.35. The molecule has 0 aromatic heterocycles. The Labute approximate surface area is 166 Å². The lowest BCUT2D eigenvalue weighted by Gasteiger charge is -2.35. The maximum Gasteiger partial charge on any atom is 0.312 e. The van der Waals surface area contributed by atoms with Gasteiger partial charge < -0.3 is 16.0 Å². The second kappa shape index (κ2) is 9.70. The van der Waals surface area contributed by atoms with E-state index in [4.69, 9.17) is 5.73 Å². The Balaban J connectivity index is 1.97. The Bertz CT molecular complexity index is 800. The zero-order valence-electron chi connectivity index (χ0n) is 16.2. The summed E-state index contributed by atoms with van der Waals surface area (Å²) in [5, 5.41) is 3.68. The van der Waals surface area contributed by atoms with Crippen molar-refractivity contribution in [3.8, 4) is 0 Å². The van der Waals surface area contributed by atoms with E-state index in [0.29, 0.717) is 6.42 Å². The first-order chi connectivity index (χ1) is 13.2. The zero-order chi connectivity index (χ0) is 20.7. The molecule has 1 atom stereocenters. The molecule has 1 saturated heterocycles. The molecule has 1 aromatic rings. The predicted octanol–water partition coefficient (Wildman–Crippen LogP) is 1.21. The second-order valence-electron chi connectivity index (χ2n) is 7.17. The number of hydrogen-bond donors (Lipinski definition) is 2. The van der Waals surface area contributed by atoms with E-state index in [1.54, 1.807) is 11.0 Å². The fourth-order valence-corrected chi connectivity index (χ4v) is 4.24. The van der Waals surface area contributed by atoms with E-state index >= 15 is 0 Å². The third-order valence-electron chi connectivity index (χ3n) is 4.46. The summed E-state index contributed by atoms with van der Waals surface area (Å²) >= 11 is 0. The minimum absolute atomic E-state index is 0.200. The number of sulfonamides is 1. The lowest BCUT2D eigenvalue weighted by Crippen LogP contribution is -2.56. The number of hydrogen-bond acceptors (Lipinski definition) is 4. The van der Waals surface area contributed by atoms with Gasteiger partial charge in [0, 0.05) is 31.6 Å². The number of amides is 3. The Hall–Kier alpha value is -2.39. The monoisotopic (exact) mass is 408 g/mol. The quantitative estimate of drug-likeness (QED) is 0.706. The van der Waals surface area contributed by atoms with Crippen molar-refractivity contribution in [1.82, 2.24) is 14.5 Å². The fourth-order valence-electron chi connectivity index (χ4n) is 3.06. The van der Waals surface area contributed by atoms with Crippen LogP contribution in [0.3, 0.4) is 0 Å². The van der Waals surface area contributed by atoms with E-state index in [2.05, 4.69) is 5.32 Å². The summed E-state index contributed by atoms with van der Waals surface area (Å²) in [6.07, 6.45) is 2.03. The summed E-state index contributed by atoms with van der Waals surface area (Å²) in [7, 11) is -3.56. The van der Waals surface area contributed by atoms with E-state index < -0.39 is 22.1 Å². The SMILES string of the molecule is CC(C)C[C@H](NC(N)=O)C(=O)N1CCN(S(=O)(=O)/C=C/c2ccccc2)CC1. The van der Waals surface area contributed by atoms with Crippen LogP contribution >= 0.6 is 0 Å². The van der Waals surface area contributed by atoms with Crippen LogP contribution in [0.15, 0.2) is 35.7 Å². The van der Waals surface area contributed by atoms with Crippen LogP contribution in [-0.2, 0) is 14.8 Å². The van der Waals surface area contributed by atoms with Gasteiger partial charge in [-0.05, 0) is 24.0 Å². The van der Waals surface area contributed by atoms with Gasteiger partial charge >= 0.3 is 6.03 Å². The van der Waals surface area contributed by atoms with Gasteiger partial charge in [0.2, 0.25) is 15.9 Å². The minimum atomic E-state index is -3.56. The average molecular weight is 409 g/mol. The number of primary amides is 1. The van der Waals surface area contributed by atoms with Gasteiger partial charge in [0.05, 0.1) is 0 Å². The highest BCUT2D eigenvalue weighted by atomic mass is 32.2. The van der Waals surface area contributed by atoms with Gasteiger partial charge in [-0.2, -0.15) is 4.31 Å². The van der Waals surface area contributed by atoms with Crippen molar-refractivity contribution in [3.63, 3.8) is 0 Å². The molecule has 1 aliphatic rings. The Morgan fingerprint density at radius 2 is 1.75 bits per heavy atom. The van der Waals surface area contributed by atoms with Crippen molar-refractivity contribution >= 4 is 28.0 Å². The Kier molecular flexibility index (Phi) is 7.59. The molecule has 8 nitrogen and oxygen atoms in total.